The average molecular weight is 354 g/mol. The summed E-state index contributed by atoms with van der Waals surface area (Å²) in [4.78, 5) is 18.0. The molecule has 7 nitrogen and oxygen atoms in total. The number of hydrogen-bond donors (Lipinski definition) is 1. The number of morpholine rings is 1. The Labute approximate surface area is 154 Å². The number of rotatable bonds is 5. The Bertz CT molecular complexity index is 683. The maximum Gasteiger partial charge on any atom is 0.227 e. The van der Waals surface area contributed by atoms with E-state index >= 15 is 0 Å². The summed E-state index contributed by atoms with van der Waals surface area (Å²) in [6.45, 7) is 6.37. The second kappa shape index (κ2) is 8.42. The van der Waals surface area contributed by atoms with E-state index in [-0.39, 0.29) is 0 Å². The first-order valence-corrected chi connectivity index (χ1v) is 9.40. The van der Waals surface area contributed by atoms with Crippen LogP contribution in [0.25, 0.3) is 0 Å². The molecule has 0 aromatic carbocycles. The predicted molar refractivity (Wildman–Crippen MR) is 101 cm³/mol. The van der Waals surface area contributed by atoms with Gasteiger partial charge in [0.15, 0.2) is 0 Å². The minimum atomic E-state index is 0.465. The molecule has 2 saturated heterocycles. The molecule has 7 heteroatoms. The fourth-order valence-electron chi connectivity index (χ4n) is 3.54. The lowest BCUT2D eigenvalue weighted by molar-refractivity contribution is 0.122. The van der Waals surface area contributed by atoms with E-state index in [2.05, 4.69) is 31.2 Å². The van der Waals surface area contributed by atoms with Gasteiger partial charge in [-0.2, -0.15) is 4.98 Å². The van der Waals surface area contributed by atoms with Crippen LogP contribution in [0.4, 0.5) is 11.8 Å². The number of hydrogen-bond acceptors (Lipinski definition) is 7. The Balaban J connectivity index is 1.29. The van der Waals surface area contributed by atoms with Gasteiger partial charge in [-0.1, -0.05) is 6.07 Å². The summed E-state index contributed by atoms with van der Waals surface area (Å²) in [5.41, 5.74) is 1.28. The van der Waals surface area contributed by atoms with Gasteiger partial charge in [-0.25, -0.2) is 4.98 Å². The van der Waals surface area contributed by atoms with Crippen LogP contribution in [0, 0.1) is 0 Å². The molecule has 4 heterocycles. The molecule has 138 valence electrons. The van der Waals surface area contributed by atoms with Gasteiger partial charge >= 0.3 is 0 Å². The minimum absolute atomic E-state index is 0.465. The van der Waals surface area contributed by atoms with E-state index in [0.717, 1.165) is 70.5 Å². The molecule has 1 N–H and O–H groups in total. The van der Waals surface area contributed by atoms with E-state index in [0.29, 0.717) is 6.04 Å². The number of nitrogens with zero attached hydrogens (tertiary/aromatic N) is 5. The lowest BCUT2D eigenvalue weighted by Crippen LogP contribution is -2.39. The van der Waals surface area contributed by atoms with Crippen molar-refractivity contribution < 1.29 is 4.74 Å². The largest absolute Gasteiger partial charge is 0.378 e. The minimum Gasteiger partial charge on any atom is -0.378 e. The molecule has 0 saturated carbocycles. The summed E-state index contributed by atoms with van der Waals surface area (Å²) in [5.74, 6) is 1.72. The molecule has 0 amide bonds. The number of pyridine rings is 1. The van der Waals surface area contributed by atoms with Crippen LogP contribution < -0.4 is 10.2 Å². The number of nitrogens with one attached hydrogen (secondary N) is 1. The molecule has 2 aliphatic heterocycles. The van der Waals surface area contributed by atoms with Gasteiger partial charge in [-0.15, -0.1) is 0 Å². The normalized spacial score (nSPS) is 19.5. The van der Waals surface area contributed by atoms with E-state index in [9.17, 15) is 0 Å². The summed E-state index contributed by atoms with van der Waals surface area (Å²) >= 11 is 0. The Hall–Kier alpha value is -2.25. The van der Waals surface area contributed by atoms with Gasteiger partial charge in [-0.3, -0.25) is 9.88 Å². The summed E-state index contributed by atoms with van der Waals surface area (Å²) in [7, 11) is 0. The van der Waals surface area contributed by atoms with Crippen molar-refractivity contribution >= 4 is 11.8 Å². The topological polar surface area (TPSA) is 66.4 Å². The third-order valence-electron chi connectivity index (χ3n) is 5.01. The third-order valence-corrected chi connectivity index (χ3v) is 5.01. The first-order valence-electron chi connectivity index (χ1n) is 9.40. The van der Waals surface area contributed by atoms with Gasteiger partial charge in [0.2, 0.25) is 5.95 Å². The Kier molecular flexibility index (Phi) is 5.56. The van der Waals surface area contributed by atoms with Gasteiger partial charge in [0, 0.05) is 57.4 Å². The van der Waals surface area contributed by atoms with Crippen molar-refractivity contribution in [3.05, 3.63) is 42.4 Å². The Morgan fingerprint density at radius 1 is 1.08 bits per heavy atom. The van der Waals surface area contributed by atoms with Crippen LogP contribution in [0.15, 0.2) is 36.8 Å². The lowest BCUT2D eigenvalue weighted by atomic mass is 10.0. The first kappa shape index (κ1) is 17.2. The van der Waals surface area contributed by atoms with Crippen LogP contribution in [0.5, 0.6) is 0 Å². The van der Waals surface area contributed by atoms with Gasteiger partial charge in [0.05, 0.1) is 13.2 Å². The quantitative estimate of drug-likeness (QED) is 0.878. The van der Waals surface area contributed by atoms with Crippen LogP contribution in [0.3, 0.4) is 0 Å². The van der Waals surface area contributed by atoms with E-state index in [4.69, 9.17) is 9.72 Å². The van der Waals surface area contributed by atoms with Gasteiger partial charge in [0.1, 0.15) is 5.82 Å². The zero-order chi connectivity index (χ0) is 17.6. The zero-order valence-corrected chi connectivity index (χ0v) is 15.0. The third kappa shape index (κ3) is 4.47. The van der Waals surface area contributed by atoms with Gasteiger partial charge < -0.3 is 15.0 Å². The second-order valence-electron chi connectivity index (χ2n) is 6.90. The van der Waals surface area contributed by atoms with Crippen molar-refractivity contribution in [3.8, 4) is 0 Å². The highest BCUT2D eigenvalue weighted by Crippen LogP contribution is 2.18. The summed E-state index contributed by atoms with van der Waals surface area (Å²) < 4.78 is 5.40. The fraction of sp³-hybridized carbons (Fsp3) is 0.526. The van der Waals surface area contributed by atoms with Crippen LogP contribution >= 0.6 is 0 Å². The van der Waals surface area contributed by atoms with Gasteiger partial charge in [-0.05, 0) is 30.5 Å². The van der Waals surface area contributed by atoms with Crippen molar-refractivity contribution in [2.45, 2.75) is 25.4 Å². The van der Waals surface area contributed by atoms with Crippen molar-refractivity contribution in [1.29, 1.82) is 0 Å². The number of likely N-dealkylation sites (tertiary alicyclic amines) is 1. The molecule has 0 radical (unpaired) electrons. The molecular formula is C19H26N6O. The second-order valence-corrected chi connectivity index (χ2v) is 6.90. The molecule has 2 aromatic rings. The molecule has 0 aliphatic carbocycles. The Morgan fingerprint density at radius 2 is 1.92 bits per heavy atom. The SMILES string of the molecule is c1cncc(CN2CCC(Nc3ccnc(N4CCOCC4)n3)CC2)c1. The molecule has 2 aromatic heterocycles. The molecule has 2 aliphatic rings. The first-order chi connectivity index (χ1) is 12.9. The monoisotopic (exact) mass is 354 g/mol. The molecular weight excluding hydrogens is 328 g/mol. The summed E-state index contributed by atoms with van der Waals surface area (Å²) in [6, 6.07) is 6.58. The molecule has 0 spiro atoms. The van der Waals surface area contributed by atoms with Crippen molar-refractivity contribution in [3.63, 3.8) is 0 Å². The highest BCUT2D eigenvalue weighted by Gasteiger charge is 2.20. The molecule has 0 bridgehead atoms. The van der Waals surface area contributed by atoms with Crippen LogP contribution in [0.1, 0.15) is 18.4 Å². The highest BCUT2D eigenvalue weighted by molar-refractivity contribution is 5.42. The average Bonchev–Trinajstić information content (AvgIpc) is 2.71. The van der Waals surface area contributed by atoms with Crippen molar-refractivity contribution in [2.24, 2.45) is 0 Å². The molecule has 4 rings (SSSR count). The zero-order valence-electron chi connectivity index (χ0n) is 15.0. The number of anilines is 2. The summed E-state index contributed by atoms with van der Waals surface area (Å²) in [6.07, 6.45) is 7.87. The molecule has 0 unspecified atom stereocenters. The number of ether oxygens (including phenoxy) is 1. The van der Waals surface area contributed by atoms with Crippen LogP contribution in [0.2, 0.25) is 0 Å². The maximum absolute atomic E-state index is 5.40. The van der Waals surface area contributed by atoms with Crippen LogP contribution in [-0.2, 0) is 11.3 Å². The van der Waals surface area contributed by atoms with Crippen molar-refractivity contribution in [1.82, 2.24) is 19.9 Å². The predicted octanol–water partition coefficient (Wildman–Crippen LogP) is 1.78. The maximum atomic E-state index is 5.40. The van der Waals surface area contributed by atoms with E-state index in [1.807, 2.05) is 30.7 Å². The molecule has 0 atom stereocenters. The molecule has 26 heavy (non-hydrogen) atoms. The summed E-state index contributed by atoms with van der Waals surface area (Å²) in [5, 5.41) is 3.60. The Morgan fingerprint density at radius 3 is 2.69 bits per heavy atom. The number of aromatic nitrogens is 3. The van der Waals surface area contributed by atoms with Gasteiger partial charge in [0.25, 0.3) is 0 Å². The smallest absolute Gasteiger partial charge is 0.227 e. The highest BCUT2D eigenvalue weighted by atomic mass is 16.5. The fourth-order valence-corrected chi connectivity index (χ4v) is 3.54. The lowest BCUT2D eigenvalue weighted by Gasteiger charge is -2.32. The molecule has 2 fully saturated rings. The van der Waals surface area contributed by atoms with Crippen molar-refractivity contribution in [2.75, 3.05) is 49.6 Å². The van der Waals surface area contributed by atoms with E-state index in [1.54, 1.807) is 0 Å². The number of piperidine rings is 1. The van der Waals surface area contributed by atoms with E-state index < -0.39 is 0 Å². The van der Waals surface area contributed by atoms with Crippen LogP contribution in [-0.4, -0.2) is 65.3 Å². The van der Waals surface area contributed by atoms with E-state index in [1.165, 1.54) is 5.56 Å². The standard InChI is InChI=1S/C19H26N6O/c1-2-16(14-20-6-1)15-24-8-4-17(5-9-24)22-18-3-7-21-19(23-18)25-10-12-26-13-11-25/h1-3,6-7,14,17H,4-5,8-13,15H2,(H,21,22,23).